The van der Waals surface area contributed by atoms with Crippen LogP contribution >= 0.6 is 22.9 Å². The van der Waals surface area contributed by atoms with Crippen LogP contribution in [-0.2, 0) is 6.18 Å². The van der Waals surface area contributed by atoms with Gasteiger partial charge in [0, 0.05) is 5.69 Å². The minimum absolute atomic E-state index is 0.139. The summed E-state index contributed by atoms with van der Waals surface area (Å²) in [6.07, 6.45) is -4.72. The van der Waals surface area contributed by atoms with Gasteiger partial charge < -0.3 is 10.1 Å². The molecule has 0 bridgehead atoms. The normalized spacial score (nSPS) is 11.7. The van der Waals surface area contributed by atoms with Crippen molar-refractivity contribution in [3.63, 3.8) is 0 Å². The smallest absolute Gasteiger partial charge is 0.453 e. The number of nitrogens with one attached hydrogen (secondary N) is 1. The third-order valence-corrected chi connectivity index (χ3v) is 4.04. The van der Waals surface area contributed by atoms with Crippen molar-refractivity contribution in [2.45, 2.75) is 6.18 Å². The first-order valence-corrected chi connectivity index (χ1v) is 7.43. The molecule has 24 heavy (non-hydrogen) atoms. The molecule has 12 heteroatoms. The molecule has 0 unspecified atom stereocenters. The number of carbonyl (C=O) groups excluding carboxylic acids is 1. The van der Waals surface area contributed by atoms with Crippen LogP contribution < -0.4 is 10.1 Å². The zero-order chi connectivity index (χ0) is 17.5. The first kappa shape index (κ1) is 16.5. The van der Waals surface area contributed by atoms with Gasteiger partial charge in [-0.25, -0.2) is 0 Å². The van der Waals surface area contributed by atoms with Crippen LogP contribution in [-0.4, -0.2) is 32.8 Å². The highest BCUT2D eigenvalue weighted by Crippen LogP contribution is 2.30. The van der Waals surface area contributed by atoms with Crippen LogP contribution in [0.25, 0.3) is 4.96 Å². The summed E-state index contributed by atoms with van der Waals surface area (Å²) in [5, 5.41) is 12.5. The van der Waals surface area contributed by atoms with Crippen molar-refractivity contribution in [2.75, 3.05) is 12.4 Å². The number of methoxy groups -OCH3 is 1. The fraction of sp³-hybridized carbons (Fsp3) is 0.167. The summed E-state index contributed by atoms with van der Waals surface area (Å²) in [6, 6.07) is 4.52. The minimum Gasteiger partial charge on any atom is -0.495 e. The van der Waals surface area contributed by atoms with Gasteiger partial charge in [-0.2, -0.15) is 17.7 Å². The lowest BCUT2D eigenvalue weighted by Crippen LogP contribution is -2.14. The molecular formula is C12H7ClF3N5O2S. The Labute approximate surface area is 141 Å². The van der Waals surface area contributed by atoms with Gasteiger partial charge in [0.15, 0.2) is 0 Å². The molecule has 1 N–H and O–H groups in total. The molecule has 2 heterocycles. The maximum Gasteiger partial charge on any atom is 0.453 e. The lowest BCUT2D eigenvalue weighted by atomic mass is 10.3. The van der Waals surface area contributed by atoms with Crippen molar-refractivity contribution < 1.29 is 22.7 Å². The second kappa shape index (κ2) is 5.91. The van der Waals surface area contributed by atoms with Crippen LogP contribution in [0, 0.1) is 0 Å². The van der Waals surface area contributed by atoms with Crippen LogP contribution in [0.4, 0.5) is 18.9 Å². The van der Waals surface area contributed by atoms with Crippen LogP contribution in [0.1, 0.15) is 15.6 Å². The molecule has 7 nitrogen and oxygen atoms in total. The molecule has 0 saturated heterocycles. The largest absolute Gasteiger partial charge is 0.495 e. The number of hydrogen-bond donors (Lipinski definition) is 1. The maximum atomic E-state index is 12.7. The zero-order valence-electron chi connectivity index (χ0n) is 11.8. The van der Waals surface area contributed by atoms with E-state index in [2.05, 4.69) is 20.6 Å². The van der Waals surface area contributed by atoms with E-state index in [1.165, 1.54) is 25.3 Å². The minimum atomic E-state index is -4.72. The number of fused-ring (bicyclic) bond motifs is 1. The molecule has 3 aromatic rings. The Bertz CT molecular complexity index is 923. The summed E-state index contributed by atoms with van der Waals surface area (Å²) in [5.74, 6) is -1.57. The highest BCUT2D eigenvalue weighted by molar-refractivity contribution is 7.18. The lowest BCUT2D eigenvalue weighted by molar-refractivity contribution is -0.146. The molecule has 0 aliphatic rings. The third-order valence-electron chi connectivity index (χ3n) is 2.85. The van der Waals surface area contributed by atoms with E-state index < -0.39 is 17.9 Å². The predicted octanol–water partition coefficient (Wildman–Crippen LogP) is 3.12. The van der Waals surface area contributed by atoms with E-state index >= 15 is 0 Å². The second-order valence-electron chi connectivity index (χ2n) is 4.43. The average molecular weight is 378 g/mol. The van der Waals surface area contributed by atoms with Gasteiger partial charge in [-0.15, -0.1) is 15.3 Å². The quantitative estimate of drug-likeness (QED) is 0.758. The predicted molar refractivity (Wildman–Crippen MR) is 79.6 cm³/mol. The Balaban J connectivity index is 1.86. The standard InChI is InChI=1S/C12H7ClF3N5O2S/c1-23-7-3-2-5(4-6(7)13)17-8(22)9-20-21-10(12(14,15)16)18-19-11(21)24-9/h2-4H,1H3,(H,17,22). The number of rotatable bonds is 3. The van der Waals surface area contributed by atoms with E-state index in [4.69, 9.17) is 16.3 Å². The van der Waals surface area contributed by atoms with Gasteiger partial charge >= 0.3 is 6.18 Å². The van der Waals surface area contributed by atoms with Gasteiger partial charge in [-0.05, 0) is 18.2 Å². The van der Waals surface area contributed by atoms with Crippen molar-refractivity contribution >= 4 is 39.5 Å². The summed E-state index contributed by atoms with van der Waals surface area (Å²) in [6.45, 7) is 0. The van der Waals surface area contributed by atoms with E-state index in [9.17, 15) is 18.0 Å². The van der Waals surface area contributed by atoms with E-state index in [0.29, 0.717) is 27.3 Å². The molecule has 0 spiro atoms. The van der Waals surface area contributed by atoms with Crippen LogP contribution in [0.5, 0.6) is 5.75 Å². The number of aromatic nitrogens is 4. The molecule has 0 saturated carbocycles. The SMILES string of the molecule is COc1ccc(NC(=O)c2nn3c(C(F)(F)F)nnc3s2)cc1Cl. The average Bonchev–Trinajstić information content (AvgIpc) is 3.06. The molecule has 2 aromatic heterocycles. The van der Waals surface area contributed by atoms with Crippen LogP contribution in [0.2, 0.25) is 5.02 Å². The molecule has 0 aliphatic heterocycles. The molecule has 1 amide bonds. The highest BCUT2D eigenvalue weighted by Gasteiger charge is 2.38. The monoisotopic (exact) mass is 377 g/mol. The molecular weight excluding hydrogens is 371 g/mol. The fourth-order valence-corrected chi connectivity index (χ4v) is 2.81. The van der Waals surface area contributed by atoms with E-state index in [1.54, 1.807) is 0 Å². The Morgan fingerprint density at radius 3 is 2.75 bits per heavy atom. The zero-order valence-corrected chi connectivity index (χ0v) is 13.3. The second-order valence-corrected chi connectivity index (χ2v) is 5.79. The van der Waals surface area contributed by atoms with Crippen molar-refractivity contribution in [3.8, 4) is 5.75 Å². The Morgan fingerprint density at radius 1 is 1.38 bits per heavy atom. The van der Waals surface area contributed by atoms with Crippen molar-refractivity contribution in [2.24, 2.45) is 0 Å². The van der Waals surface area contributed by atoms with Gasteiger partial charge in [0.1, 0.15) is 5.75 Å². The summed E-state index contributed by atoms with van der Waals surface area (Å²) in [7, 11) is 1.44. The van der Waals surface area contributed by atoms with Crippen molar-refractivity contribution in [1.82, 2.24) is 19.8 Å². The number of benzene rings is 1. The summed E-state index contributed by atoms with van der Waals surface area (Å²) in [5.41, 5.74) is 0.341. The highest BCUT2D eigenvalue weighted by atomic mass is 35.5. The third kappa shape index (κ3) is 2.99. The summed E-state index contributed by atoms with van der Waals surface area (Å²) >= 11 is 6.62. The van der Waals surface area contributed by atoms with Gasteiger partial charge in [-0.3, -0.25) is 4.79 Å². The molecule has 0 fully saturated rings. The number of nitrogens with zero attached hydrogens (tertiary/aromatic N) is 4. The first-order valence-electron chi connectivity index (χ1n) is 6.24. The van der Waals surface area contributed by atoms with Gasteiger partial charge in [0.05, 0.1) is 12.1 Å². The number of carbonyl (C=O) groups is 1. The number of hydrogen-bond acceptors (Lipinski definition) is 6. The van der Waals surface area contributed by atoms with E-state index in [0.717, 1.165) is 0 Å². The first-order chi connectivity index (χ1) is 11.3. The van der Waals surface area contributed by atoms with Gasteiger partial charge in [0.2, 0.25) is 9.97 Å². The lowest BCUT2D eigenvalue weighted by Gasteiger charge is -2.06. The number of ether oxygens (including phenoxy) is 1. The maximum absolute atomic E-state index is 12.7. The molecule has 0 radical (unpaired) electrons. The molecule has 0 aliphatic carbocycles. The molecule has 0 atom stereocenters. The van der Waals surface area contributed by atoms with Gasteiger partial charge in [0.25, 0.3) is 11.7 Å². The fourth-order valence-electron chi connectivity index (χ4n) is 1.81. The number of alkyl halides is 3. The number of amides is 1. The number of anilines is 1. The summed E-state index contributed by atoms with van der Waals surface area (Å²) in [4.78, 5) is 12.0. The van der Waals surface area contributed by atoms with Crippen LogP contribution in [0.15, 0.2) is 18.2 Å². The Kier molecular flexibility index (Phi) is 4.05. The summed E-state index contributed by atoms with van der Waals surface area (Å²) < 4.78 is 43.7. The molecule has 1 aromatic carbocycles. The Hall–Kier alpha value is -2.40. The van der Waals surface area contributed by atoms with E-state index in [1.807, 2.05) is 0 Å². The van der Waals surface area contributed by atoms with E-state index in [-0.39, 0.29) is 15.0 Å². The molecule has 3 rings (SSSR count). The number of halogens is 4. The molecule has 126 valence electrons. The van der Waals surface area contributed by atoms with Crippen LogP contribution in [0.3, 0.4) is 0 Å². The van der Waals surface area contributed by atoms with Crippen molar-refractivity contribution in [3.05, 3.63) is 34.1 Å². The Morgan fingerprint density at radius 2 is 2.12 bits per heavy atom. The topological polar surface area (TPSA) is 81.4 Å². The van der Waals surface area contributed by atoms with Gasteiger partial charge in [-0.1, -0.05) is 22.9 Å². The van der Waals surface area contributed by atoms with Crippen molar-refractivity contribution in [1.29, 1.82) is 0 Å².